The number of nitrogens with zero attached hydrogens (tertiary/aromatic N) is 2. The van der Waals surface area contributed by atoms with E-state index in [1.165, 1.54) is 39.0 Å². The van der Waals surface area contributed by atoms with Gasteiger partial charge in [-0.25, -0.2) is 0 Å². The maximum atomic E-state index is 2.43. The van der Waals surface area contributed by atoms with Crippen LogP contribution in [-0.2, 0) is 0 Å². The summed E-state index contributed by atoms with van der Waals surface area (Å²) >= 11 is 0. The molecule has 0 saturated heterocycles. The van der Waals surface area contributed by atoms with Gasteiger partial charge in [0.25, 0.3) is 0 Å². The third kappa shape index (κ3) is 7.03. The van der Waals surface area contributed by atoms with Crippen molar-refractivity contribution in [3.05, 3.63) is 0 Å². The first-order valence-electron chi connectivity index (χ1n) is 5.52. The number of hydrogen-bond acceptors (Lipinski definition) is 1. The predicted octanol–water partition coefficient (Wildman–Crippen LogP) is 1.81. The molecule has 0 fully saturated rings. The van der Waals surface area contributed by atoms with E-state index in [4.69, 9.17) is 0 Å². The summed E-state index contributed by atoms with van der Waals surface area (Å²) < 4.78 is 1.15. The molecule has 0 aromatic rings. The molecule has 0 unspecified atom stereocenters. The molecule has 0 spiro atoms. The molecule has 0 heterocycles. The normalized spacial score (nSPS) is 12.5. The minimum Gasteiger partial charge on any atom is -0.329 e. The van der Waals surface area contributed by atoms with Gasteiger partial charge in [-0.3, -0.25) is 0 Å². The van der Waals surface area contributed by atoms with Crippen molar-refractivity contribution in [3.8, 4) is 0 Å². The van der Waals surface area contributed by atoms with E-state index in [9.17, 15) is 0 Å². The van der Waals surface area contributed by atoms with E-state index in [2.05, 4.69) is 39.9 Å². The summed E-state index contributed by atoms with van der Waals surface area (Å²) in [7, 11) is 6.83. The highest BCUT2D eigenvalue weighted by Crippen LogP contribution is 1.99. The summed E-state index contributed by atoms with van der Waals surface area (Å²) in [5, 5.41) is 0. The highest BCUT2D eigenvalue weighted by molar-refractivity contribution is 4.49. The number of quaternary nitrogens is 1. The monoisotopic (exact) mass is 187 g/mol. The van der Waals surface area contributed by atoms with Gasteiger partial charge in [0.1, 0.15) is 0 Å². The van der Waals surface area contributed by atoms with Gasteiger partial charge in [-0.1, -0.05) is 6.92 Å². The SMILES string of the molecule is CCCN(C)CCC[N+](C)(C)CC. The Morgan fingerprint density at radius 2 is 1.69 bits per heavy atom. The third-order valence-corrected chi connectivity index (χ3v) is 2.76. The summed E-state index contributed by atoms with van der Waals surface area (Å²) in [4.78, 5) is 2.43. The summed E-state index contributed by atoms with van der Waals surface area (Å²) in [5.74, 6) is 0. The maximum absolute atomic E-state index is 2.43. The van der Waals surface area contributed by atoms with Crippen LogP contribution in [0.1, 0.15) is 26.7 Å². The molecule has 0 saturated carbocycles. The molecule has 0 aliphatic carbocycles. The Morgan fingerprint density at radius 3 is 2.15 bits per heavy atom. The molecule has 80 valence electrons. The Morgan fingerprint density at radius 1 is 1.08 bits per heavy atom. The van der Waals surface area contributed by atoms with Gasteiger partial charge in [0, 0.05) is 13.0 Å². The lowest BCUT2D eigenvalue weighted by atomic mass is 10.3. The van der Waals surface area contributed by atoms with Crippen molar-refractivity contribution < 1.29 is 4.48 Å². The van der Waals surface area contributed by atoms with Gasteiger partial charge < -0.3 is 9.38 Å². The van der Waals surface area contributed by atoms with Crippen molar-refractivity contribution in [2.45, 2.75) is 26.7 Å². The maximum Gasteiger partial charge on any atom is 0.0794 e. The van der Waals surface area contributed by atoms with Gasteiger partial charge in [-0.2, -0.15) is 0 Å². The van der Waals surface area contributed by atoms with Crippen LogP contribution in [0.25, 0.3) is 0 Å². The second-order valence-electron chi connectivity index (χ2n) is 4.63. The van der Waals surface area contributed by atoms with E-state index in [1.807, 2.05) is 0 Å². The zero-order valence-electron chi connectivity index (χ0n) is 10.1. The fourth-order valence-corrected chi connectivity index (χ4v) is 1.42. The first kappa shape index (κ1) is 12.9. The van der Waals surface area contributed by atoms with Crippen molar-refractivity contribution in [2.75, 3.05) is 47.3 Å². The first-order valence-corrected chi connectivity index (χ1v) is 5.52. The Labute approximate surface area is 84.1 Å². The topological polar surface area (TPSA) is 3.24 Å². The molecule has 0 aliphatic rings. The van der Waals surface area contributed by atoms with E-state index >= 15 is 0 Å². The van der Waals surface area contributed by atoms with Crippen molar-refractivity contribution in [2.24, 2.45) is 0 Å². The highest BCUT2D eigenvalue weighted by Gasteiger charge is 2.10. The molecule has 0 amide bonds. The van der Waals surface area contributed by atoms with E-state index in [1.54, 1.807) is 0 Å². The van der Waals surface area contributed by atoms with E-state index in [0.29, 0.717) is 0 Å². The molecule has 0 rings (SSSR count). The fourth-order valence-electron chi connectivity index (χ4n) is 1.42. The van der Waals surface area contributed by atoms with Crippen LogP contribution in [0.4, 0.5) is 0 Å². The molecule has 2 heteroatoms. The third-order valence-electron chi connectivity index (χ3n) is 2.76. The van der Waals surface area contributed by atoms with Crippen molar-refractivity contribution in [3.63, 3.8) is 0 Å². The summed E-state index contributed by atoms with van der Waals surface area (Å²) in [6.45, 7) is 9.51. The fraction of sp³-hybridized carbons (Fsp3) is 1.00. The van der Waals surface area contributed by atoms with Gasteiger partial charge in [-0.15, -0.1) is 0 Å². The summed E-state index contributed by atoms with van der Waals surface area (Å²) in [6, 6.07) is 0. The van der Waals surface area contributed by atoms with Crippen LogP contribution in [0.3, 0.4) is 0 Å². The summed E-state index contributed by atoms with van der Waals surface area (Å²) in [5.41, 5.74) is 0. The first-order chi connectivity index (χ1) is 6.02. The van der Waals surface area contributed by atoms with E-state index in [0.717, 1.165) is 4.48 Å². The molecule has 0 aromatic carbocycles. The smallest absolute Gasteiger partial charge is 0.0794 e. The standard InChI is InChI=1S/C11H27N2/c1-6-9-12(3)10-8-11-13(4,5)7-2/h6-11H2,1-5H3/q+1. The highest BCUT2D eigenvalue weighted by atomic mass is 15.3. The lowest BCUT2D eigenvalue weighted by Crippen LogP contribution is -2.41. The zero-order valence-corrected chi connectivity index (χ0v) is 10.1. The van der Waals surface area contributed by atoms with Crippen LogP contribution in [0.2, 0.25) is 0 Å². The molecule has 0 aliphatic heterocycles. The van der Waals surface area contributed by atoms with Gasteiger partial charge in [-0.05, 0) is 26.9 Å². The molecule has 0 N–H and O–H groups in total. The zero-order chi connectivity index (χ0) is 10.3. The van der Waals surface area contributed by atoms with E-state index in [-0.39, 0.29) is 0 Å². The largest absolute Gasteiger partial charge is 0.329 e. The summed E-state index contributed by atoms with van der Waals surface area (Å²) in [6.07, 6.45) is 2.58. The second-order valence-corrected chi connectivity index (χ2v) is 4.63. The van der Waals surface area contributed by atoms with Gasteiger partial charge in [0.2, 0.25) is 0 Å². The minimum atomic E-state index is 1.15. The molecule has 0 atom stereocenters. The van der Waals surface area contributed by atoms with Gasteiger partial charge in [0.15, 0.2) is 0 Å². The van der Waals surface area contributed by atoms with Gasteiger partial charge >= 0.3 is 0 Å². The quantitative estimate of drug-likeness (QED) is 0.550. The minimum absolute atomic E-state index is 1.15. The molecule has 0 radical (unpaired) electrons. The molecular formula is C11H27N2+. The van der Waals surface area contributed by atoms with Crippen molar-refractivity contribution >= 4 is 0 Å². The molecule has 0 aromatic heterocycles. The Bertz CT molecular complexity index is 121. The number of hydrogen-bond donors (Lipinski definition) is 0. The Kier molecular flexibility index (Phi) is 6.35. The lowest BCUT2D eigenvalue weighted by Gasteiger charge is -2.29. The van der Waals surface area contributed by atoms with Crippen molar-refractivity contribution in [1.29, 1.82) is 0 Å². The molecule has 13 heavy (non-hydrogen) atoms. The number of rotatable bonds is 7. The van der Waals surface area contributed by atoms with Crippen LogP contribution < -0.4 is 0 Å². The average Bonchev–Trinajstić information content (AvgIpc) is 2.05. The lowest BCUT2D eigenvalue weighted by molar-refractivity contribution is -0.888. The van der Waals surface area contributed by atoms with Crippen LogP contribution in [0.5, 0.6) is 0 Å². The Hall–Kier alpha value is -0.0800. The van der Waals surface area contributed by atoms with E-state index < -0.39 is 0 Å². The molecule has 0 bridgehead atoms. The second kappa shape index (κ2) is 6.39. The van der Waals surface area contributed by atoms with Crippen LogP contribution in [0, 0.1) is 0 Å². The average molecular weight is 187 g/mol. The van der Waals surface area contributed by atoms with Gasteiger partial charge in [0.05, 0.1) is 27.2 Å². The molecular weight excluding hydrogens is 160 g/mol. The van der Waals surface area contributed by atoms with Crippen LogP contribution in [0.15, 0.2) is 0 Å². The predicted molar refractivity (Wildman–Crippen MR) is 59.9 cm³/mol. The van der Waals surface area contributed by atoms with Crippen LogP contribution in [-0.4, -0.2) is 56.7 Å². The molecule has 2 nitrogen and oxygen atoms in total. The van der Waals surface area contributed by atoms with Crippen molar-refractivity contribution in [1.82, 2.24) is 4.90 Å². The van der Waals surface area contributed by atoms with Crippen LogP contribution >= 0.6 is 0 Å². The Balaban J connectivity index is 3.44.